The van der Waals surface area contributed by atoms with Crippen LogP contribution in [0, 0.1) is 0 Å². The number of carbonyl (C=O) groups is 1. The lowest BCUT2D eigenvalue weighted by atomic mass is 9.95. The summed E-state index contributed by atoms with van der Waals surface area (Å²) in [6, 6.07) is 18.4. The summed E-state index contributed by atoms with van der Waals surface area (Å²) in [4.78, 5) is 12.0. The van der Waals surface area contributed by atoms with Crippen LogP contribution in [0.15, 0.2) is 54.6 Å². The maximum atomic E-state index is 12.0. The number of hydrogen-bond donors (Lipinski definition) is 1. The fourth-order valence-electron chi connectivity index (χ4n) is 3.18. The van der Waals surface area contributed by atoms with Crippen LogP contribution in [0.25, 0.3) is 0 Å². The van der Waals surface area contributed by atoms with Crippen molar-refractivity contribution >= 4 is 17.5 Å². The molecule has 3 heteroatoms. The predicted molar refractivity (Wildman–Crippen MR) is 121 cm³/mol. The number of carbonyl (C=O) groups excluding carboxylic acids is 1. The van der Waals surface area contributed by atoms with Crippen molar-refractivity contribution in [3.05, 3.63) is 71.3 Å². The van der Waals surface area contributed by atoms with Gasteiger partial charge in [-0.3, -0.25) is 4.79 Å². The number of aliphatic hydroxyl groups is 1. The van der Waals surface area contributed by atoms with Gasteiger partial charge in [-0.15, -0.1) is 0 Å². The minimum atomic E-state index is -1.30. The van der Waals surface area contributed by atoms with Gasteiger partial charge in [-0.2, -0.15) is 11.8 Å². The molecule has 152 valence electrons. The molecule has 2 aromatic carbocycles. The summed E-state index contributed by atoms with van der Waals surface area (Å²) >= 11 is 2.04. The third-order valence-electron chi connectivity index (χ3n) is 4.89. The summed E-state index contributed by atoms with van der Waals surface area (Å²) in [7, 11) is 0. The molecule has 0 aromatic heterocycles. The smallest absolute Gasteiger partial charge is 0.193 e. The van der Waals surface area contributed by atoms with E-state index in [9.17, 15) is 9.90 Å². The monoisotopic (exact) mass is 398 g/mol. The molecule has 1 N–H and O–H groups in total. The van der Waals surface area contributed by atoms with Crippen molar-refractivity contribution in [1.29, 1.82) is 0 Å². The van der Waals surface area contributed by atoms with Gasteiger partial charge in [0.15, 0.2) is 5.78 Å². The number of Topliss-reactive ketones (excluding diaryl/α,β-unsaturated/α-hetero) is 1. The van der Waals surface area contributed by atoms with Crippen molar-refractivity contribution in [3.8, 4) is 0 Å². The fourth-order valence-corrected chi connectivity index (χ4v) is 4.16. The van der Waals surface area contributed by atoms with Crippen LogP contribution < -0.4 is 0 Å². The topological polar surface area (TPSA) is 37.3 Å². The first-order chi connectivity index (χ1) is 13.5. The van der Waals surface area contributed by atoms with E-state index in [1.165, 1.54) is 69.3 Å². The van der Waals surface area contributed by atoms with Crippen LogP contribution in [-0.2, 0) is 12.2 Å². The van der Waals surface area contributed by atoms with Crippen molar-refractivity contribution in [2.24, 2.45) is 0 Å². The quantitative estimate of drug-likeness (QED) is 0.311. The Balaban J connectivity index is 1.48. The molecule has 28 heavy (non-hydrogen) atoms. The van der Waals surface area contributed by atoms with Crippen molar-refractivity contribution < 1.29 is 9.90 Å². The van der Waals surface area contributed by atoms with E-state index in [1.54, 1.807) is 0 Å². The van der Waals surface area contributed by atoms with E-state index in [-0.39, 0.29) is 5.78 Å². The summed E-state index contributed by atoms with van der Waals surface area (Å²) in [6.45, 7) is 3.07. The molecular formula is C25H34O2S. The van der Waals surface area contributed by atoms with Gasteiger partial charge in [-0.1, -0.05) is 80.3 Å². The summed E-state index contributed by atoms with van der Waals surface area (Å²) in [5.74, 6) is 2.16. The molecule has 0 bridgehead atoms. The van der Waals surface area contributed by atoms with Gasteiger partial charge in [0.05, 0.1) is 0 Å². The second kappa shape index (κ2) is 12.1. The van der Waals surface area contributed by atoms with Gasteiger partial charge in [0.1, 0.15) is 5.60 Å². The highest BCUT2D eigenvalue weighted by Crippen LogP contribution is 2.17. The molecule has 0 unspecified atom stereocenters. The van der Waals surface area contributed by atoms with E-state index in [0.717, 1.165) is 12.2 Å². The molecule has 0 fully saturated rings. The molecular weight excluding hydrogens is 364 g/mol. The Morgan fingerprint density at radius 1 is 0.821 bits per heavy atom. The third-order valence-corrected chi connectivity index (χ3v) is 6.00. The van der Waals surface area contributed by atoms with Gasteiger partial charge >= 0.3 is 0 Å². The van der Waals surface area contributed by atoms with Crippen molar-refractivity contribution in [2.45, 2.75) is 70.1 Å². The van der Waals surface area contributed by atoms with Crippen LogP contribution >= 0.6 is 11.8 Å². The highest BCUT2D eigenvalue weighted by molar-refractivity contribution is 7.98. The molecule has 0 amide bonds. The summed E-state index contributed by atoms with van der Waals surface area (Å²) in [5.41, 5.74) is 1.97. The van der Waals surface area contributed by atoms with Crippen LogP contribution in [0.2, 0.25) is 0 Å². The zero-order chi connectivity index (χ0) is 20.2. The van der Waals surface area contributed by atoms with Crippen LogP contribution in [0.1, 0.15) is 73.9 Å². The van der Waals surface area contributed by atoms with Gasteiger partial charge in [-0.25, -0.2) is 0 Å². The Kier molecular flexibility index (Phi) is 9.80. The van der Waals surface area contributed by atoms with Gasteiger partial charge in [0.2, 0.25) is 0 Å². The Bertz CT molecular complexity index is 687. The minimum absolute atomic E-state index is 0.221. The van der Waals surface area contributed by atoms with Gasteiger partial charge in [0.25, 0.3) is 0 Å². The lowest BCUT2D eigenvalue weighted by molar-refractivity contribution is 0.0488. The molecule has 0 heterocycles. The average molecular weight is 399 g/mol. The molecule has 0 aliphatic carbocycles. The number of unbranched alkanes of at least 4 members (excludes halogenated alkanes) is 5. The molecule has 2 nitrogen and oxygen atoms in total. The van der Waals surface area contributed by atoms with Crippen LogP contribution in [0.3, 0.4) is 0 Å². The Hall–Kier alpha value is -1.58. The first kappa shape index (κ1) is 22.7. The number of thioether (sulfide) groups is 1. The van der Waals surface area contributed by atoms with Crippen LogP contribution in [0.5, 0.6) is 0 Å². The largest absolute Gasteiger partial charge is 0.382 e. The van der Waals surface area contributed by atoms with Crippen LogP contribution in [0.4, 0.5) is 0 Å². The van der Waals surface area contributed by atoms with E-state index in [2.05, 4.69) is 30.3 Å². The van der Waals surface area contributed by atoms with Gasteiger partial charge in [0, 0.05) is 11.3 Å². The Morgan fingerprint density at radius 3 is 2.07 bits per heavy atom. The first-order valence-electron chi connectivity index (χ1n) is 10.4. The molecule has 0 spiro atoms. The first-order valence-corrected chi connectivity index (χ1v) is 11.6. The second-order valence-electron chi connectivity index (χ2n) is 7.99. The molecule has 0 radical (unpaired) electrons. The van der Waals surface area contributed by atoms with E-state index in [0.29, 0.717) is 5.56 Å². The summed E-state index contributed by atoms with van der Waals surface area (Å²) in [5, 5.41) is 9.80. The molecule has 2 aromatic rings. The minimum Gasteiger partial charge on any atom is -0.382 e. The lowest BCUT2D eigenvalue weighted by Gasteiger charge is -2.15. The maximum Gasteiger partial charge on any atom is 0.193 e. The van der Waals surface area contributed by atoms with E-state index in [4.69, 9.17) is 0 Å². The lowest BCUT2D eigenvalue weighted by Crippen LogP contribution is -2.31. The average Bonchev–Trinajstić information content (AvgIpc) is 2.69. The SMILES string of the molecule is CC(C)(O)C(=O)c1ccc(CCCCCCCCSCc2ccccc2)cc1. The molecule has 0 aliphatic heterocycles. The molecule has 0 atom stereocenters. The molecule has 2 rings (SSSR count). The van der Waals surface area contributed by atoms with Crippen molar-refractivity contribution in [1.82, 2.24) is 0 Å². The van der Waals surface area contributed by atoms with Crippen LogP contribution in [-0.4, -0.2) is 22.2 Å². The molecule has 0 aliphatic rings. The second-order valence-corrected chi connectivity index (χ2v) is 9.10. The maximum absolute atomic E-state index is 12.0. The third kappa shape index (κ3) is 8.62. The van der Waals surface area contributed by atoms with E-state index in [1.807, 2.05) is 36.0 Å². The Morgan fingerprint density at radius 2 is 1.43 bits per heavy atom. The fraction of sp³-hybridized carbons (Fsp3) is 0.480. The zero-order valence-electron chi connectivity index (χ0n) is 17.3. The highest BCUT2D eigenvalue weighted by atomic mass is 32.2. The summed E-state index contributed by atoms with van der Waals surface area (Å²) < 4.78 is 0. The number of aryl methyl sites for hydroxylation is 1. The number of rotatable bonds is 13. The van der Waals surface area contributed by atoms with Gasteiger partial charge < -0.3 is 5.11 Å². The Labute approximate surface area is 174 Å². The van der Waals surface area contributed by atoms with Crippen molar-refractivity contribution in [2.75, 3.05) is 5.75 Å². The predicted octanol–water partition coefficient (Wildman–Crippen LogP) is 6.46. The van der Waals surface area contributed by atoms with E-state index >= 15 is 0 Å². The number of hydrogen-bond acceptors (Lipinski definition) is 3. The van der Waals surface area contributed by atoms with Gasteiger partial charge in [-0.05, 0) is 50.0 Å². The van der Waals surface area contributed by atoms with E-state index < -0.39 is 5.60 Å². The standard InChI is InChI=1S/C25H34O2S/c1-25(2,27)24(26)23-17-15-21(16-18-23)12-8-5-3-4-6-11-19-28-20-22-13-9-7-10-14-22/h7,9-10,13-18,27H,3-6,8,11-12,19-20H2,1-2H3. The van der Waals surface area contributed by atoms with Crippen molar-refractivity contribution in [3.63, 3.8) is 0 Å². The highest BCUT2D eigenvalue weighted by Gasteiger charge is 2.24. The zero-order valence-corrected chi connectivity index (χ0v) is 18.1. The number of benzene rings is 2. The number of ketones is 1. The normalized spacial score (nSPS) is 11.5. The summed E-state index contributed by atoms with van der Waals surface area (Å²) in [6.07, 6.45) is 8.79. The molecule has 0 saturated carbocycles. The molecule has 0 saturated heterocycles.